The maximum absolute atomic E-state index is 11.5. The monoisotopic (exact) mass is 416 g/mol. The second kappa shape index (κ2) is 7.74. The molecule has 3 N–H and O–H groups in total. The lowest BCUT2D eigenvalue weighted by Crippen LogP contribution is -2.54. The van der Waals surface area contributed by atoms with E-state index >= 15 is 0 Å². The molecule has 3 heteroatoms. The van der Waals surface area contributed by atoms with E-state index in [1.807, 2.05) is 0 Å². The zero-order valence-electron chi connectivity index (χ0n) is 19.8. The summed E-state index contributed by atoms with van der Waals surface area (Å²) in [5.41, 5.74) is 2.41. The third kappa shape index (κ3) is 3.53. The lowest BCUT2D eigenvalue weighted by molar-refractivity contribution is -0.0975. The van der Waals surface area contributed by atoms with Gasteiger partial charge in [0.2, 0.25) is 0 Å². The molecule has 0 aromatic carbocycles. The van der Waals surface area contributed by atoms with Crippen molar-refractivity contribution in [2.24, 2.45) is 34.5 Å². The molecular weight excluding hydrogens is 372 g/mol. The predicted octanol–water partition coefficient (Wildman–Crippen LogP) is 5.39. The molecule has 0 spiro atoms. The van der Waals surface area contributed by atoms with Crippen molar-refractivity contribution in [3.05, 3.63) is 23.3 Å². The van der Waals surface area contributed by atoms with E-state index in [1.165, 1.54) is 5.57 Å². The SMILES string of the molecule is CC(C)=CCC[C@](C)(O)[C@H]1CC[C@H]2[C@@H]3CC(O)C4CC(O)CC[C@]4(C)C3=CC[C@@]21C. The van der Waals surface area contributed by atoms with Crippen molar-refractivity contribution >= 4 is 0 Å². The fourth-order valence-electron chi connectivity index (χ4n) is 8.40. The lowest BCUT2D eigenvalue weighted by atomic mass is 9.47. The number of fused-ring (bicyclic) bond motifs is 5. The maximum atomic E-state index is 11.5. The first-order valence-corrected chi connectivity index (χ1v) is 12.4. The highest BCUT2D eigenvalue weighted by molar-refractivity contribution is 5.30. The summed E-state index contributed by atoms with van der Waals surface area (Å²) < 4.78 is 0. The smallest absolute Gasteiger partial charge is 0.0656 e. The minimum absolute atomic E-state index is 0.0347. The third-order valence-corrected chi connectivity index (χ3v) is 9.97. The first kappa shape index (κ1) is 22.6. The van der Waals surface area contributed by atoms with E-state index in [0.717, 1.165) is 57.8 Å². The molecule has 0 aromatic rings. The summed E-state index contributed by atoms with van der Waals surface area (Å²) in [6.07, 6.45) is 12.7. The molecule has 3 saturated carbocycles. The second-order valence-corrected chi connectivity index (χ2v) is 12.1. The summed E-state index contributed by atoms with van der Waals surface area (Å²) in [7, 11) is 0. The van der Waals surface area contributed by atoms with Crippen LogP contribution in [0.4, 0.5) is 0 Å². The van der Waals surface area contributed by atoms with Gasteiger partial charge in [-0.25, -0.2) is 0 Å². The molecule has 3 unspecified atom stereocenters. The Morgan fingerprint density at radius 2 is 1.87 bits per heavy atom. The molecular formula is C27H44O3. The largest absolute Gasteiger partial charge is 0.393 e. The molecule has 0 aliphatic heterocycles. The minimum Gasteiger partial charge on any atom is -0.393 e. The van der Waals surface area contributed by atoms with Gasteiger partial charge in [-0.2, -0.15) is 0 Å². The zero-order chi connectivity index (χ0) is 21.9. The van der Waals surface area contributed by atoms with E-state index in [-0.39, 0.29) is 29.0 Å². The minimum atomic E-state index is -0.643. The van der Waals surface area contributed by atoms with Crippen molar-refractivity contribution in [2.75, 3.05) is 0 Å². The summed E-state index contributed by atoms with van der Waals surface area (Å²) in [5.74, 6) is 1.50. The van der Waals surface area contributed by atoms with Crippen LogP contribution in [0.3, 0.4) is 0 Å². The van der Waals surface area contributed by atoms with Crippen LogP contribution < -0.4 is 0 Å². The first-order chi connectivity index (χ1) is 14.0. The first-order valence-electron chi connectivity index (χ1n) is 12.4. The molecule has 4 aliphatic rings. The van der Waals surface area contributed by atoms with Gasteiger partial charge in [-0.05, 0) is 113 Å². The number of hydrogen-bond acceptors (Lipinski definition) is 3. The Bertz CT molecular complexity index is 718. The highest BCUT2D eigenvalue weighted by atomic mass is 16.3. The number of hydrogen-bond donors (Lipinski definition) is 3. The number of aliphatic hydroxyl groups excluding tert-OH is 2. The number of rotatable bonds is 4. The van der Waals surface area contributed by atoms with Crippen LogP contribution in [0, 0.1) is 34.5 Å². The molecule has 170 valence electrons. The van der Waals surface area contributed by atoms with E-state index in [4.69, 9.17) is 0 Å². The van der Waals surface area contributed by atoms with Crippen LogP contribution in [-0.2, 0) is 0 Å². The van der Waals surface area contributed by atoms with Gasteiger partial charge < -0.3 is 15.3 Å². The van der Waals surface area contributed by atoms with E-state index < -0.39 is 5.60 Å². The van der Waals surface area contributed by atoms with Gasteiger partial charge in [0.1, 0.15) is 0 Å². The predicted molar refractivity (Wildman–Crippen MR) is 122 cm³/mol. The Labute approximate surface area is 183 Å². The Kier molecular flexibility index (Phi) is 5.82. The van der Waals surface area contributed by atoms with E-state index in [2.05, 4.69) is 46.8 Å². The summed E-state index contributed by atoms with van der Waals surface area (Å²) >= 11 is 0. The standard InChI is InChI=1S/C27H44O3/c1-17(2)7-6-12-27(5,30)24-9-8-20-19-16-23(29)22-15-18(28)10-13-25(22,3)21(19)11-14-26(20,24)4/h7,11,18-20,22-24,28-30H,6,8-10,12-16H2,1-5H3/t18?,19-,20-,22?,23?,24-,25+,26-,27-/m0/s1. The van der Waals surface area contributed by atoms with Crippen LogP contribution >= 0.6 is 0 Å². The van der Waals surface area contributed by atoms with Crippen LogP contribution in [0.15, 0.2) is 23.3 Å². The van der Waals surface area contributed by atoms with E-state index in [9.17, 15) is 15.3 Å². The van der Waals surface area contributed by atoms with Gasteiger partial charge in [0.25, 0.3) is 0 Å². The Hall–Kier alpha value is -0.640. The van der Waals surface area contributed by atoms with Crippen molar-refractivity contribution in [1.82, 2.24) is 0 Å². The van der Waals surface area contributed by atoms with Crippen LogP contribution in [0.25, 0.3) is 0 Å². The molecule has 3 fully saturated rings. The van der Waals surface area contributed by atoms with Gasteiger partial charge in [-0.1, -0.05) is 37.1 Å². The fraction of sp³-hybridized carbons (Fsp3) is 0.852. The van der Waals surface area contributed by atoms with Gasteiger partial charge in [-0.3, -0.25) is 0 Å². The molecule has 0 saturated heterocycles. The van der Waals surface area contributed by atoms with Crippen molar-refractivity contribution < 1.29 is 15.3 Å². The normalized spacial score (nSPS) is 47.4. The van der Waals surface area contributed by atoms with Crippen LogP contribution in [0.1, 0.15) is 92.4 Å². The molecule has 0 radical (unpaired) electrons. The Morgan fingerprint density at radius 1 is 1.13 bits per heavy atom. The lowest BCUT2D eigenvalue weighted by Gasteiger charge is -2.58. The summed E-state index contributed by atoms with van der Waals surface area (Å²) in [6.45, 7) is 11.1. The van der Waals surface area contributed by atoms with Crippen molar-refractivity contribution in [3.63, 3.8) is 0 Å². The molecule has 4 aliphatic carbocycles. The maximum Gasteiger partial charge on any atom is 0.0656 e. The molecule has 30 heavy (non-hydrogen) atoms. The highest BCUT2D eigenvalue weighted by Crippen LogP contribution is 2.66. The van der Waals surface area contributed by atoms with E-state index in [0.29, 0.717) is 17.8 Å². The summed E-state index contributed by atoms with van der Waals surface area (Å²) in [4.78, 5) is 0. The highest BCUT2D eigenvalue weighted by Gasteiger charge is 2.61. The Morgan fingerprint density at radius 3 is 2.57 bits per heavy atom. The van der Waals surface area contributed by atoms with Gasteiger partial charge in [-0.15, -0.1) is 0 Å². The van der Waals surface area contributed by atoms with Crippen molar-refractivity contribution in [1.29, 1.82) is 0 Å². The van der Waals surface area contributed by atoms with Gasteiger partial charge in [0, 0.05) is 0 Å². The molecule has 0 amide bonds. The van der Waals surface area contributed by atoms with E-state index in [1.54, 1.807) is 5.57 Å². The summed E-state index contributed by atoms with van der Waals surface area (Å²) in [6, 6.07) is 0. The quantitative estimate of drug-likeness (QED) is 0.538. The van der Waals surface area contributed by atoms with Crippen molar-refractivity contribution in [3.8, 4) is 0 Å². The van der Waals surface area contributed by atoms with Gasteiger partial charge in [0.15, 0.2) is 0 Å². The van der Waals surface area contributed by atoms with Crippen LogP contribution in [-0.4, -0.2) is 33.1 Å². The molecule has 0 heterocycles. The van der Waals surface area contributed by atoms with Gasteiger partial charge >= 0.3 is 0 Å². The van der Waals surface area contributed by atoms with Gasteiger partial charge in [0.05, 0.1) is 17.8 Å². The Balaban J connectivity index is 1.60. The zero-order valence-corrected chi connectivity index (χ0v) is 19.8. The molecule has 3 nitrogen and oxygen atoms in total. The number of allylic oxidation sites excluding steroid dienone is 4. The second-order valence-electron chi connectivity index (χ2n) is 12.1. The van der Waals surface area contributed by atoms with Crippen LogP contribution in [0.2, 0.25) is 0 Å². The molecule has 4 rings (SSSR count). The molecule has 0 aromatic heterocycles. The number of aliphatic hydroxyl groups is 3. The molecule has 9 atom stereocenters. The van der Waals surface area contributed by atoms with Crippen LogP contribution in [0.5, 0.6) is 0 Å². The average molecular weight is 417 g/mol. The van der Waals surface area contributed by atoms with Crippen molar-refractivity contribution in [2.45, 2.75) is 110 Å². The average Bonchev–Trinajstić information content (AvgIpc) is 3.01. The molecule has 0 bridgehead atoms. The third-order valence-electron chi connectivity index (χ3n) is 9.97. The summed E-state index contributed by atoms with van der Waals surface area (Å²) in [5, 5.41) is 32.9. The topological polar surface area (TPSA) is 60.7 Å². The fourth-order valence-corrected chi connectivity index (χ4v) is 8.40.